The van der Waals surface area contributed by atoms with Crippen molar-refractivity contribution in [2.24, 2.45) is 11.8 Å². The lowest BCUT2D eigenvalue weighted by Crippen LogP contribution is -2.30. The second-order valence-corrected chi connectivity index (χ2v) is 7.02. The minimum atomic E-state index is -1.14. The van der Waals surface area contributed by atoms with Gasteiger partial charge in [0.15, 0.2) is 0 Å². The predicted octanol–water partition coefficient (Wildman–Crippen LogP) is 3.09. The van der Waals surface area contributed by atoms with Crippen LogP contribution >= 0.6 is 0 Å². The number of para-hydroxylation sites is 1. The number of nitrogens with one attached hydrogen (secondary N) is 1. The van der Waals surface area contributed by atoms with Gasteiger partial charge < -0.3 is 10.4 Å². The van der Waals surface area contributed by atoms with Crippen LogP contribution in [0.15, 0.2) is 60.7 Å². The Kier molecular flexibility index (Phi) is 4.72. The Labute approximate surface area is 166 Å². The van der Waals surface area contributed by atoms with Gasteiger partial charge in [-0.25, -0.2) is 4.79 Å². The summed E-state index contributed by atoms with van der Waals surface area (Å²) in [5.74, 6) is -2.68. The van der Waals surface area contributed by atoms with E-state index in [0.29, 0.717) is 18.5 Å². The molecule has 1 aliphatic carbocycles. The number of anilines is 2. The number of benzene rings is 2. The number of aromatic carboxylic acids is 1. The van der Waals surface area contributed by atoms with Crippen LogP contribution in [0.25, 0.3) is 0 Å². The lowest BCUT2D eigenvalue weighted by molar-refractivity contribution is -0.122. The Balaban J connectivity index is 1.53. The third kappa shape index (κ3) is 3.31. The molecule has 0 aromatic heterocycles. The molecule has 1 fully saturated rings. The minimum absolute atomic E-state index is 0.0121. The third-order valence-electron chi connectivity index (χ3n) is 5.30. The fourth-order valence-corrected chi connectivity index (χ4v) is 3.79. The van der Waals surface area contributed by atoms with Crippen LogP contribution in [0.2, 0.25) is 0 Å². The molecule has 0 unspecified atom stereocenters. The van der Waals surface area contributed by atoms with Crippen molar-refractivity contribution in [3.05, 3.63) is 71.8 Å². The molecule has 2 aromatic carbocycles. The lowest BCUT2D eigenvalue weighted by Gasteiger charge is -2.15. The van der Waals surface area contributed by atoms with E-state index in [-0.39, 0.29) is 40.5 Å². The topological polar surface area (TPSA) is 104 Å². The Bertz CT molecular complexity index is 1020. The summed E-state index contributed by atoms with van der Waals surface area (Å²) in [6.07, 6.45) is 4.99. The van der Waals surface area contributed by atoms with Gasteiger partial charge in [0, 0.05) is 5.56 Å². The van der Waals surface area contributed by atoms with Gasteiger partial charge >= 0.3 is 5.97 Å². The second-order valence-electron chi connectivity index (χ2n) is 7.02. The number of carbonyl (C=O) groups is 4. The van der Waals surface area contributed by atoms with E-state index < -0.39 is 11.9 Å². The van der Waals surface area contributed by atoms with Crippen LogP contribution in [0.3, 0.4) is 0 Å². The number of allylic oxidation sites excluding steroid dienone is 2. The van der Waals surface area contributed by atoms with Gasteiger partial charge in [0.2, 0.25) is 11.8 Å². The van der Waals surface area contributed by atoms with Gasteiger partial charge in [-0.3, -0.25) is 19.3 Å². The Hall–Kier alpha value is -3.74. The fraction of sp³-hybridized carbons (Fsp3) is 0.182. The van der Waals surface area contributed by atoms with Gasteiger partial charge in [-0.2, -0.15) is 0 Å². The average Bonchev–Trinajstić information content (AvgIpc) is 2.99. The molecule has 0 saturated carbocycles. The highest BCUT2D eigenvalue weighted by atomic mass is 16.4. The number of amides is 3. The van der Waals surface area contributed by atoms with E-state index in [1.807, 2.05) is 12.2 Å². The van der Waals surface area contributed by atoms with E-state index in [1.54, 1.807) is 24.3 Å². The van der Waals surface area contributed by atoms with Gasteiger partial charge in [0.05, 0.1) is 28.8 Å². The van der Waals surface area contributed by atoms with Crippen molar-refractivity contribution in [2.45, 2.75) is 12.8 Å². The molecule has 2 aromatic rings. The van der Waals surface area contributed by atoms with Crippen molar-refractivity contribution in [1.82, 2.24) is 0 Å². The van der Waals surface area contributed by atoms with Crippen LogP contribution in [-0.4, -0.2) is 28.8 Å². The quantitative estimate of drug-likeness (QED) is 0.617. The SMILES string of the molecule is O=C(Nc1ccccc1C(=O)O)c1ccc(N2C(=O)[C@H]3CC=CC[C@@H]3C2=O)cc1. The Morgan fingerprint density at radius 2 is 1.48 bits per heavy atom. The predicted molar refractivity (Wildman–Crippen MR) is 106 cm³/mol. The first kappa shape index (κ1) is 18.6. The first-order valence-corrected chi connectivity index (χ1v) is 9.24. The largest absolute Gasteiger partial charge is 0.478 e. The molecular weight excluding hydrogens is 372 g/mol. The minimum Gasteiger partial charge on any atom is -0.478 e. The molecule has 2 aliphatic rings. The van der Waals surface area contributed by atoms with Crippen molar-refractivity contribution in [3.63, 3.8) is 0 Å². The summed E-state index contributed by atoms with van der Waals surface area (Å²) >= 11 is 0. The highest BCUT2D eigenvalue weighted by molar-refractivity contribution is 6.22. The molecule has 7 heteroatoms. The maximum atomic E-state index is 12.6. The smallest absolute Gasteiger partial charge is 0.337 e. The van der Waals surface area contributed by atoms with Gasteiger partial charge in [-0.1, -0.05) is 24.3 Å². The molecule has 3 amide bonds. The number of carboxylic acid groups (broad SMARTS) is 1. The van der Waals surface area contributed by atoms with Crippen LogP contribution in [0.1, 0.15) is 33.6 Å². The Morgan fingerprint density at radius 1 is 0.897 bits per heavy atom. The lowest BCUT2D eigenvalue weighted by atomic mass is 9.85. The van der Waals surface area contributed by atoms with E-state index in [4.69, 9.17) is 0 Å². The zero-order chi connectivity index (χ0) is 20.5. The first-order chi connectivity index (χ1) is 14.0. The average molecular weight is 390 g/mol. The van der Waals surface area contributed by atoms with Crippen LogP contribution in [0.4, 0.5) is 11.4 Å². The van der Waals surface area contributed by atoms with Gasteiger partial charge in [0.25, 0.3) is 5.91 Å². The number of carbonyl (C=O) groups excluding carboxylic acids is 3. The molecule has 1 heterocycles. The molecule has 29 heavy (non-hydrogen) atoms. The number of hydrogen-bond acceptors (Lipinski definition) is 4. The molecular formula is C22H18N2O5. The summed E-state index contributed by atoms with van der Waals surface area (Å²) in [4.78, 5) is 50.3. The van der Waals surface area contributed by atoms with E-state index in [2.05, 4.69) is 5.32 Å². The highest BCUT2D eigenvalue weighted by Gasteiger charge is 2.47. The number of carboxylic acids is 1. The zero-order valence-electron chi connectivity index (χ0n) is 15.4. The van der Waals surface area contributed by atoms with E-state index >= 15 is 0 Å². The standard InChI is InChI=1S/C22H18N2O5/c25-19(23-18-8-4-3-7-17(18)22(28)29)13-9-11-14(12-10-13)24-20(26)15-5-1-2-6-16(15)21(24)27/h1-4,7-12,15-16H,5-6H2,(H,23,25)(H,28,29)/t15-,16-/m0/s1. The monoisotopic (exact) mass is 390 g/mol. The van der Waals surface area contributed by atoms with Crippen LogP contribution in [0, 0.1) is 11.8 Å². The molecule has 7 nitrogen and oxygen atoms in total. The molecule has 0 bridgehead atoms. The maximum Gasteiger partial charge on any atom is 0.337 e. The van der Waals surface area contributed by atoms with Crippen molar-refractivity contribution in [2.75, 3.05) is 10.2 Å². The van der Waals surface area contributed by atoms with Crippen molar-refractivity contribution >= 4 is 35.1 Å². The highest BCUT2D eigenvalue weighted by Crippen LogP contribution is 2.37. The van der Waals surface area contributed by atoms with Crippen LogP contribution in [0.5, 0.6) is 0 Å². The summed E-state index contributed by atoms with van der Waals surface area (Å²) in [6.45, 7) is 0. The zero-order valence-corrected chi connectivity index (χ0v) is 15.4. The van der Waals surface area contributed by atoms with Crippen molar-refractivity contribution in [1.29, 1.82) is 0 Å². The molecule has 1 aliphatic heterocycles. The molecule has 0 spiro atoms. The number of nitrogens with zero attached hydrogens (tertiary/aromatic N) is 1. The number of rotatable bonds is 4. The van der Waals surface area contributed by atoms with Gasteiger partial charge in [-0.15, -0.1) is 0 Å². The molecule has 2 N–H and O–H groups in total. The summed E-state index contributed by atoms with van der Waals surface area (Å²) in [5, 5.41) is 11.8. The molecule has 1 saturated heterocycles. The number of hydrogen-bond donors (Lipinski definition) is 2. The number of fused-ring (bicyclic) bond motifs is 1. The third-order valence-corrected chi connectivity index (χ3v) is 5.30. The summed E-state index contributed by atoms with van der Waals surface area (Å²) < 4.78 is 0. The first-order valence-electron chi connectivity index (χ1n) is 9.24. The van der Waals surface area contributed by atoms with Gasteiger partial charge in [-0.05, 0) is 49.2 Å². The van der Waals surface area contributed by atoms with E-state index in [9.17, 15) is 24.3 Å². The molecule has 146 valence electrons. The Morgan fingerprint density at radius 3 is 2.07 bits per heavy atom. The van der Waals surface area contributed by atoms with Crippen molar-refractivity contribution in [3.8, 4) is 0 Å². The fourth-order valence-electron chi connectivity index (χ4n) is 3.79. The van der Waals surface area contributed by atoms with E-state index in [0.717, 1.165) is 0 Å². The second kappa shape index (κ2) is 7.35. The normalized spacial score (nSPS) is 20.5. The number of imide groups is 1. The van der Waals surface area contributed by atoms with E-state index in [1.165, 1.54) is 29.2 Å². The van der Waals surface area contributed by atoms with Gasteiger partial charge in [0.1, 0.15) is 0 Å². The molecule has 4 rings (SSSR count). The van der Waals surface area contributed by atoms with Crippen molar-refractivity contribution < 1.29 is 24.3 Å². The summed E-state index contributed by atoms with van der Waals surface area (Å²) in [7, 11) is 0. The summed E-state index contributed by atoms with van der Waals surface area (Å²) in [5.41, 5.74) is 0.890. The summed E-state index contributed by atoms with van der Waals surface area (Å²) in [6, 6.07) is 12.2. The van der Waals surface area contributed by atoms with Crippen LogP contribution in [-0.2, 0) is 9.59 Å². The molecule has 0 radical (unpaired) electrons. The molecule has 2 atom stereocenters. The van der Waals surface area contributed by atoms with Crippen LogP contribution < -0.4 is 10.2 Å². The maximum absolute atomic E-state index is 12.6.